The van der Waals surface area contributed by atoms with Crippen molar-refractivity contribution >= 4 is 6.08 Å². The Balaban J connectivity index is 3.04. The zero-order valence-electron chi connectivity index (χ0n) is 9.99. The van der Waals surface area contributed by atoms with Gasteiger partial charge in [-0.15, -0.1) is 0 Å². The third-order valence-corrected chi connectivity index (χ3v) is 2.54. The second-order valence-electron chi connectivity index (χ2n) is 4.09. The Morgan fingerprint density at radius 2 is 2.27 bits per heavy atom. The largest absolute Gasteiger partial charge is 0.392 e. The molecule has 0 aliphatic heterocycles. The highest BCUT2D eigenvalue weighted by molar-refractivity contribution is 5.55. The van der Waals surface area contributed by atoms with Crippen LogP contribution in [0, 0.1) is 5.92 Å². The van der Waals surface area contributed by atoms with E-state index in [1.807, 2.05) is 17.9 Å². The summed E-state index contributed by atoms with van der Waals surface area (Å²) in [7, 11) is 1.92. The van der Waals surface area contributed by atoms with E-state index in [2.05, 4.69) is 31.9 Å². The summed E-state index contributed by atoms with van der Waals surface area (Å²) < 4.78 is 1.82. The summed E-state index contributed by atoms with van der Waals surface area (Å²) in [5.41, 5.74) is 3.26. The van der Waals surface area contributed by atoms with Gasteiger partial charge in [0.05, 0.1) is 12.3 Å². The van der Waals surface area contributed by atoms with Crippen LogP contribution in [0.1, 0.15) is 32.0 Å². The lowest BCUT2D eigenvalue weighted by atomic mass is 10.0. The number of hydrogen-bond donors (Lipinski definition) is 1. The highest BCUT2D eigenvalue weighted by Gasteiger charge is 2.06. The molecule has 3 nitrogen and oxygen atoms in total. The SMILES string of the molecule is CCc1nn(C)cc1/C=C(/CO)C(C)C. The van der Waals surface area contributed by atoms with Crippen LogP contribution in [-0.2, 0) is 13.5 Å². The predicted molar refractivity (Wildman–Crippen MR) is 62.5 cm³/mol. The Hall–Kier alpha value is -1.09. The molecule has 1 heterocycles. The van der Waals surface area contributed by atoms with Crippen LogP contribution in [-0.4, -0.2) is 21.5 Å². The normalized spacial score (nSPS) is 12.5. The first-order chi connectivity index (χ1) is 7.08. The molecule has 0 unspecified atom stereocenters. The maximum absolute atomic E-state index is 9.23. The fraction of sp³-hybridized carbons (Fsp3) is 0.583. The zero-order valence-corrected chi connectivity index (χ0v) is 9.99. The van der Waals surface area contributed by atoms with Crippen LogP contribution in [0.25, 0.3) is 6.08 Å². The van der Waals surface area contributed by atoms with Gasteiger partial charge >= 0.3 is 0 Å². The van der Waals surface area contributed by atoms with Gasteiger partial charge in [-0.2, -0.15) is 5.10 Å². The molecule has 0 saturated heterocycles. The van der Waals surface area contributed by atoms with Crippen molar-refractivity contribution in [2.24, 2.45) is 13.0 Å². The standard InChI is InChI=1S/C12H20N2O/c1-5-12-10(7-14(4)13-12)6-11(8-15)9(2)3/h6-7,9,15H,5,8H2,1-4H3/b11-6-. The fourth-order valence-electron chi connectivity index (χ4n) is 1.54. The molecule has 0 atom stereocenters. The lowest BCUT2D eigenvalue weighted by Gasteiger charge is -2.07. The average Bonchev–Trinajstić information content (AvgIpc) is 2.54. The molecule has 0 spiro atoms. The molecule has 0 aromatic carbocycles. The van der Waals surface area contributed by atoms with Crippen molar-refractivity contribution in [3.05, 3.63) is 23.0 Å². The summed E-state index contributed by atoms with van der Waals surface area (Å²) in [4.78, 5) is 0. The van der Waals surface area contributed by atoms with Gasteiger partial charge < -0.3 is 5.11 Å². The van der Waals surface area contributed by atoms with E-state index in [4.69, 9.17) is 0 Å². The third-order valence-electron chi connectivity index (χ3n) is 2.54. The van der Waals surface area contributed by atoms with Gasteiger partial charge in [0.15, 0.2) is 0 Å². The fourth-order valence-corrected chi connectivity index (χ4v) is 1.54. The van der Waals surface area contributed by atoms with Crippen LogP contribution in [0.4, 0.5) is 0 Å². The number of aryl methyl sites for hydroxylation is 2. The van der Waals surface area contributed by atoms with E-state index in [0.717, 1.165) is 23.3 Å². The Bertz CT molecular complexity index is 351. The van der Waals surface area contributed by atoms with E-state index < -0.39 is 0 Å². The summed E-state index contributed by atoms with van der Waals surface area (Å²) >= 11 is 0. The van der Waals surface area contributed by atoms with Crippen LogP contribution >= 0.6 is 0 Å². The third kappa shape index (κ3) is 2.93. The molecule has 0 aliphatic carbocycles. The predicted octanol–water partition coefficient (Wildman–Crippen LogP) is 2.01. The van der Waals surface area contributed by atoms with Gasteiger partial charge in [0.1, 0.15) is 0 Å². The van der Waals surface area contributed by atoms with Gasteiger partial charge in [0.25, 0.3) is 0 Å². The average molecular weight is 208 g/mol. The summed E-state index contributed by atoms with van der Waals surface area (Å²) in [6.45, 7) is 6.39. The minimum Gasteiger partial charge on any atom is -0.392 e. The van der Waals surface area contributed by atoms with Crippen molar-refractivity contribution < 1.29 is 5.11 Å². The first-order valence-electron chi connectivity index (χ1n) is 5.42. The topological polar surface area (TPSA) is 38.0 Å². The maximum atomic E-state index is 9.23. The number of aliphatic hydroxyl groups excluding tert-OH is 1. The Morgan fingerprint density at radius 1 is 1.60 bits per heavy atom. The molecule has 0 bridgehead atoms. The minimum atomic E-state index is 0.121. The van der Waals surface area contributed by atoms with Gasteiger partial charge in [-0.1, -0.05) is 20.8 Å². The van der Waals surface area contributed by atoms with Gasteiger partial charge in [0.2, 0.25) is 0 Å². The second kappa shape index (κ2) is 5.12. The van der Waals surface area contributed by atoms with E-state index in [1.165, 1.54) is 0 Å². The second-order valence-corrected chi connectivity index (χ2v) is 4.09. The summed E-state index contributed by atoms with van der Waals surface area (Å²) in [5, 5.41) is 13.6. The van der Waals surface area contributed by atoms with Gasteiger partial charge in [0, 0.05) is 18.8 Å². The molecular weight excluding hydrogens is 188 g/mol. The molecule has 0 aliphatic rings. The quantitative estimate of drug-likeness (QED) is 0.822. The lowest BCUT2D eigenvalue weighted by molar-refractivity contribution is 0.320. The smallest absolute Gasteiger partial charge is 0.0694 e. The van der Waals surface area contributed by atoms with Crippen molar-refractivity contribution in [1.82, 2.24) is 9.78 Å². The van der Waals surface area contributed by atoms with E-state index >= 15 is 0 Å². The number of aliphatic hydroxyl groups is 1. The van der Waals surface area contributed by atoms with Crippen LogP contribution in [0.2, 0.25) is 0 Å². The van der Waals surface area contributed by atoms with Crippen molar-refractivity contribution in [3.63, 3.8) is 0 Å². The Morgan fingerprint density at radius 3 is 2.73 bits per heavy atom. The molecule has 0 amide bonds. The van der Waals surface area contributed by atoms with E-state index in [-0.39, 0.29) is 6.61 Å². The first-order valence-corrected chi connectivity index (χ1v) is 5.42. The monoisotopic (exact) mass is 208 g/mol. The van der Waals surface area contributed by atoms with Crippen LogP contribution < -0.4 is 0 Å². The van der Waals surface area contributed by atoms with Gasteiger partial charge in [-0.25, -0.2) is 0 Å². The Labute approximate surface area is 91.4 Å². The number of nitrogens with zero attached hydrogens (tertiary/aromatic N) is 2. The van der Waals surface area contributed by atoms with E-state index in [0.29, 0.717) is 5.92 Å². The number of rotatable bonds is 4. The summed E-state index contributed by atoms with van der Waals surface area (Å²) in [6.07, 6.45) is 4.97. The molecule has 3 heteroatoms. The highest BCUT2D eigenvalue weighted by Crippen LogP contribution is 2.16. The van der Waals surface area contributed by atoms with E-state index in [9.17, 15) is 5.11 Å². The van der Waals surface area contributed by atoms with Crippen molar-refractivity contribution in [3.8, 4) is 0 Å². The van der Waals surface area contributed by atoms with E-state index in [1.54, 1.807) is 0 Å². The molecule has 0 radical (unpaired) electrons. The summed E-state index contributed by atoms with van der Waals surface area (Å²) in [5.74, 6) is 0.375. The molecule has 0 fully saturated rings. The van der Waals surface area contributed by atoms with Crippen molar-refractivity contribution in [1.29, 1.82) is 0 Å². The molecule has 1 rings (SSSR count). The number of aromatic nitrogens is 2. The van der Waals surface area contributed by atoms with Crippen LogP contribution in [0.5, 0.6) is 0 Å². The first kappa shape index (κ1) is 12.0. The van der Waals surface area contributed by atoms with Crippen molar-refractivity contribution in [2.45, 2.75) is 27.2 Å². The molecule has 1 N–H and O–H groups in total. The molecule has 0 saturated carbocycles. The zero-order chi connectivity index (χ0) is 11.4. The molecule has 84 valence electrons. The lowest BCUT2D eigenvalue weighted by Crippen LogP contribution is -1.99. The molecule has 1 aromatic heterocycles. The number of hydrogen-bond acceptors (Lipinski definition) is 2. The highest BCUT2D eigenvalue weighted by atomic mass is 16.3. The molecule has 1 aromatic rings. The van der Waals surface area contributed by atoms with Crippen LogP contribution in [0.3, 0.4) is 0 Å². The maximum Gasteiger partial charge on any atom is 0.0694 e. The minimum absolute atomic E-state index is 0.121. The molecule has 15 heavy (non-hydrogen) atoms. The molecular formula is C12H20N2O. The van der Waals surface area contributed by atoms with Crippen molar-refractivity contribution in [2.75, 3.05) is 6.61 Å². The Kier molecular flexibility index (Phi) is 4.09. The van der Waals surface area contributed by atoms with Gasteiger partial charge in [-0.05, 0) is 24.0 Å². The van der Waals surface area contributed by atoms with Gasteiger partial charge in [-0.3, -0.25) is 4.68 Å². The van der Waals surface area contributed by atoms with Crippen LogP contribution in [0.15, 0.2) is 11.8 Å². The summed E-state index contributed by atoms with van der Waals surface area (Å²) in [6, 6.07) is 0.